The topological polar surface area (TPSA) is 104 Å². The van der Waals surface area contributed by atoms with Gasteiger partial charge in [-0.3, -0.25) is 0 Å². The molecule has 2 N–H and O–H groups in total. The number of carbonyl (C=O) groups is 1. The number of hydrogen-bond donors (Lipinski definition) is 2. The highest BCUT2D eigenvalue weighted by Gasteiger charge is 2.37. The summed E-state index contributed by atoms with van der Waals surface area (Å²) in [5.41, 5.74) is -4.68. The molecule has 29 heavy (non-hydrogen) atoms. The van der Waals surface area contributed by atoms with Crippen molar-refractivity contribution in [3.8, 4) is 0 Å². The standard InChI is InChI=1S/C15H10BrF6N2O4P/c16-9-1-2-11(12(6-9)29(26,27)28)24-13(25)23-10-4-7(14(17,18)19)3-8(5-10)15(20,21)22/h1-6H,(H2,23,24,25)(H2,26,27,28)/p-2. The Morgan fingerprint density at radius 3 is 1.86 bits per heavy atom. The minimum absolute atomic E-state index is 0.124. The van der Waals surface area contributed by atoms with Crippen LogP contribution in [0, 0.1) is 0 Å². The molecule has 2 aromatic rings. The Morgan fingerprint density at radius 1 is 0.897 bits per heavy atom. The van der Waals surface area contributed by atoms with Gasteiger partial charge in [0.25, 0.3) is 0 Å². The van der Waals surface area contributed by atoms with E-state index in [1.807, 2.05) is 5.32 Å². The summed E-state index contributed by atoms with van der Waals surface area (Å²) in [6, 6.07) is 2.18. The van der Waals surface area contributed by atoms with Gasteiger partial charge in [-0.1, -0.05) is 15.9 Å². The maximum Gasteiger partial charge on any atom is 0.416 e. The summed E-state index contributed by atoms with van der Waals surface area (Å²) in [6.45, 7) is 0. The van der Waals surface area contributed by atoms with Crippen LogP contribution in [-0.2, 0) is 16.9 Å². The second kappa shape index (κ2) is 7.98. The van der Waals surface area contributed by atoms with E-state index in [0.29, 0.717) is 0 Å². The molecule has 0 fully saturated rings. The zero-order valence-corrected chi connectivity index (χ0v) is 16.2. The van der Waals surface area contributed by atoms with Gasteiger partial charge in [-0.05, 0) is 44.0 Å². The van der Waals surface area contributed by atoms with Crippen molar-refractivity contribution < 1.29 is 45.5 Å². The summed E-state index contributed by atoms with van der Waals surface area (Å²) in [5, 5.41) is 2.83. The van der Waals surface area contributed by atoms with Crippen LogP contribution >= 0.6 is 23.5 Å². The van der Waals surface area contributed by atoms with Crippen LogP contribution in [0.15, 0.2) is 40.9 Å². The highest BCUT2D eigenvalue weighted by molar-refractivity contribution is 9.10. The van der Waals surface area contributed by atoms with Crippen LogP contribution in [0.2, 0.25) is 0 Å². The Bertz CT molecular complexity index is 957. The highest BCUT2D eigenvalue weighted by atomic mass is 79.9. The van der Waals surface area contributed by atoms with E-state index in [2.05, 4.69) is 15.9 Å². The molecule has 0 aromatic heterocycles. The molecule has 2 amide bonds. The van der Waals surface area contributed by atoms with E-state index in [1.54, 1.807) is 5.32 Å². The van der Waals surface area contributed by atoms with Crippen molar-refractivity contribution >= 4 is 46.2 Å². The molecule has 0 spiro atoms. The lowest BCUT2D eigenvalue weighted by Gasteiger charge is -2.32. The van der Waals surface area contributed by atoms with Crippen molar-refractivity contribution in [3.05, 3.63) is 52.0 Å². The van der Waals surface area contributed by atoms with Crippen LogP contribution in [-0.4, -0.2) is 6.03 Å². The number of amides is 2. The van der Waals surface area contributed by atoms with E-state index in [0.717, 1.165) is 12.1 Å². The van der Waals surface area contributed by atoms with Gasteiger partial charge in [0.15, 0.2) is 0 Å². The SMILES string of the molecule is O=C(Nc1cc(C(F)(F)F)cc(C(F)(F)F)c1)Nc1ccc(Br)cc1P(=O)([O-])[O-]. The number of benzene rings is 2. The predicted molar refractivity (Wildman–Crippen MR) is 90.5 cm³/mol. The molecule has 0 bridgehead atoms. The molecule has 0 aliphatic heterocycles. The summed E-state index contributed by atoms with van der Waals surface area (Å²) in [4.78, 5) is 34.5. The number of rotatable bonds is 3. The summed E-state index contributed by atoms with van der Waals surface area (Å²) in [5.74, 6) is 0. The Labute approximate surface area is 167 Å². The van der Waals surface area contributed by atoms with Crippen molar-refractivity contribution in [2.24, 2.45) is 0 Å². The van der Waals surface area contributed by atoms with Gasteiger partial charge in [0.05, 0.1) is 16.8 Å². The summed E-state index contributed by atoms with van der Waals surface area (Å²) >= 11 is 2.92. The zero-order valence-electron chi connectivity index (χ0n) is 13.7. The van der Waals surface area contributed by atoms with Crippen LogP contribution in [0.25, 0.3) is 0 Å². The van der Waals surface area contributed by atoms with Gasteiger partial charge in [0, 0.05) is 15.5 Å². The quantitative estimate of drug-likeness (QED) is 0.491. The van der Waals surface area contributed by atoms with Gasteiger partial charge in [-0.2, -0.15) is 26.3 Å². The van der Waals surface area contributed by atoms with Gasteiger partial charge < -0.3 is 25.0 Å². The second-order valence-electron chi connectivity index (χ2n) is 5.53. The van der Waals surface area contributed by atoms with E-state index < -0.39 is 53.8 Å². The average Bonchev–Trinajstić information content (AvgIpc) is 2.53. The summed E-state index contributed by atoms with van der Waals surface area (Å²) in [7, 11) is -5.35. The first-order valence-electron chi connectivity index (χ1n) is 7.27. The Kier molecular flexibility index (Phi) is 6.38. The highest BCUT2D eigenvalue weighted by Crippen LogP contribution is 2.37. The number of nitrogens with one attached hydrogen (secondary N) is 2. The first kappa shape index (κ1) is 23.2. The zero-order chi connectivity index (χ0) is 22.2. The van der Waals surface area contributed by atoms with Crippen molar-refractivity contribution in [1.29, 1.82) is 0 Å². The third-order valence-electron chi connectivity index (χ3n) is 3.35. The summed E-state index contributed by atoms with van der Waals surface area (Å²) < 4.78 is 88.5. The van der Waals surface area contributed by atoms with Crippen molar-refractivity contribution in [1.82, 2.24) is 0 Å². The average molecular weight is 505 g/mol. The van der Waals surface area contributed by atoms with E-state index in [1.165, 1.54) is 6.07 Å². The maximum atomic E-state index is 12.8. The molecule has 0 unspecified atom stereocenters. The Morgan fingerprint density at radius 2 is 1.41 bits per heavy atom. The lowest BCUT2D eigenvalue weighted by atomic mass is 10.1. The van der Waals surface area contributed by atoms with Crippen LogP contribution < -0.4 is 25.7 Å². The number of hydrogen-bond acceptors (Lipinski definition) is 4. The lowest BCUT2D eigenvalue weighted by molar-refractivity contribution is -0.307. The first-order valence-corrected chi connectivity index (χ1v) is 9.60. The van der Waals surface area contributed by atoms with Crippen LogP contribution in [0.1, 0.15) is 11.1 Å². The third kappa shape index (κ3) is 6.20. The molecule has 0 heterocycles. The van der Waals surface area contributed by atoms with Gasteiger partial charge in [0.1, 0.15) is 0 Å². The van der Waals surface area contributed by atoms with E-state index in [9.17, 15) is 45.5 Å². The normalized spacial score (nSPS) is 12.6. The molecule has 0 aliphatic rings. The minimum Gasteiger partial charge on any atom is -0.807 e. The molecule has 2 rings (SSSR count). The molecule has 2 aromatic carbocycles. The fourth-order valence-electron chi connectivity index (χ4n) is 2.15. The third-order valence-corrected chi connectivity index (χ3v) is 4.80. The fourth-order valence-corrected chi connectivity index (χ4v) is 3.41. The van der Waals surface area contributed by atoms with Crippen LogP contribution in [0.5, 0.6) is 0 Å². The van der Waals surface area contributed by atoms with Crippen LogP contribution in [0.4, 0.5) is 42.5 Å². The van der Waals surface area contributed by atoms with Gasteiger partial charge in [-0.25, -0.2) is 4.79 Å². The molecule has 0 saturated carbocycles. The van der Waals surface area contributed by atoms with E-state index in [-0.39, 0.29) is 22.7 Å². The maximum absolute atomic E-state index is 12.8. The van der Waals surface area contributed by atoms with Gasteiger partial charge >= 0.3 is 18.4 Å². The molecular weight excluding hydrogens is 497 g/mol. The van der Waals surface area contributed by atoms with Crippen molar-refractivity contribution in [2.75, 3.05) is 10.6 Å². The summed E-state index contributed by atoms with van der Waals surface area (Å²) in [6.07, 6.45) is -10.2. The number of carbonyl (C=O) groups excluding carboxylic acids is 1. The molecule has 0 radical (unpaired) electrons. The van der Waals surface area contributed by atoms with Crippen molar-refractivity contribution in [3.63, 3.8) is 0 Å². The smallest absolute Gasteiger partial charge is 0.416 e. The fraction of sp³-hybridized carbons (Fsp3) is 0.133. The lowest BCUT2D eigenvalue weighted by Crippen LogP contribution is -2.30. The minimum atomic E-state index is -5.35. The largest absolute Gasteiger partial charge is 0.807 e. The monoisotopic (exact) mass is 504 g/mol. The number of anilines is 2. The molecular formula is C15H8BrF6N2O4P-2. The van der Waals surface area contributed by atoms with Crippen LogP contribution in [0.3, 0.4) is 0 Å². The number of urea groups is 1. The van der Waals surface area contributed by atoms with Gasteiger partial charge in [-0.15, -0.1) is 0 Å². The molecule has 0 aliphatic carbocycles. The number of halogens is 7. The molecule has 6 nitrogen and oxygen atoms in total. The Hall–Kier alpha value is -2.08. The van der Waals surface area contributed by atoms with E-state index >= 15 is 0 Å². The predicted octanol–water partition coefficient (Wildman–Crippen LogP) is 3.67. The molecule has 0 saturated heterocycles. The Balaban J connectivity index is 2.36. The van der Waals surface area contributed by atoms with Gasteiger partial charge in [0.2, 0.25) is 0 Å². The van der Waals surface area contributed by atoms with E-state index in [4.69, 9.17) is 0 Å². The number of alkyl halides is 6. The first-order chi connectivity index (χ1) is 13.1. The second-order valence-corrected chi connectivity index (χ2v) is 7.93. The molecule has 14 heteroatoms. The molecule has 0 atom stereocenters. The van der Waals surface area contributed by atoms with Crippen molar-refractivity contribution in [2.45, 2.75) is 12.4 Å². The molecule has 158 valence electrons.